The molecule has 1 saturated heterocycles. The van der Waals surface area contributed by atoms with Gasteiger partial charge in [-0.1, -0.05) is 18.2 Å². The molecular formula is C14H15NO4. The molecule has 0 bridgehead atoms. The Morgan fingerprint density at radius 3 is 2.79 bits per heavy atom. The molecule has 1 N–H and O–H groups in total. The van der Waals surface area contributed by atoms with E-state index in [1.54, 1.807) is 4.90 Å². The quantitative estimate of drug-likeness (QED) is 0.884. The predicted molar refractivity (Wildman–Crippen MR) is 67.0 cm³/mol. The molecule has 1 amide bonds. The molecule has 0 radical (unpaired) electrons. The van der Waals surface area contributed by atoms with Gasteiger partial charge in [0.05, 0.1) is 6.42 Å². The van der Waals surface area contributed by atoms with Crippen molar-refractivity contribution >= 4 is 11.9 Å². The average Bonchev–Trinajstić information content (AvgIpc) is 2.76. The number of carbonyl (C=O) groups excluding carboxylic acids is 1. The molecule has 100 valence electrons. The van der Waals surface area contributed by atoms with Crippen molar-refractivity contribution in [3.05, 3.63) is 29.8 Å². The maximum atomic E-state index is 12.3. The molecule has 2 aliphatic heterocycles. The zero-order valence-corrected chi connectivity index (χ0v) is 10.4. The molecule has 1 fully saturated rings. The van der Waals surface area contributed by atoms with Gasteiger partial charge in [0, 0.05) is 24.6 Å². The number of ether oxygens (including phenoxy) is 1. The van der Waals surface area contributed by atoms with Gasteiger partial charge in [-0.25, -0.2) is 0 Å². The van der Waals surface area contributed by atoms with Crippen molar-refractivity contribution in [1.29, 1.82) is 0 Å². The number of rotatable bonds is 3. The second kappa shape index (κ2) is 4.57. The Labute approximate surface area is 110 Å². The smallest absolute Gasteiger partial charge is 0.303 e. The summed E-state index contributed by atoms with van der Waals surface area (Å²) in [6.07, 6.45) is 0.140. The van der Waals surface area contributed by atoms with Crippen LogP contribution in [0.1, 0.15) is 17.9 Å². The van der Waals surface area contributed by atoms with Crippen LogP contribution in [0, 0.1) is 5.92 Å². The minimum Gasteiger partial charge on any atom is -0.492 e. The van der Waals surface area contributed by atoms with Crippen molar-refractivity contribution in [1.82, 2.24) is 4.90 Å². The summed E-state index contributed by atoms with van der Waals surface area (Å²) in [7, 11) is 0. The van der Waals surface area contributed by atoms with Gasteiger partial charge < -0.3 is 14.7 Å². The van der Waals surface area contributed by atoms with Crippen LogP contribution in [-0.2, 0) is 9.59 Å². The molecule has 1 atom stereocenters. The van der Waals surface area contributed by atoms with Crippen LogP contribution in [0.3, 0.4) is 0 Å². The van der Waals surface area contributed by atoms with Crippen molar-refractivity contribution in [3.63, 3.8) is 0 Å². The largest absolute Gasteiger partial charge is 0.492 e. The van der Waals surface area contributed by atoms with Crippen LogP contribution in [0.5, 0.6) is 5.75 Å². The molecule has 0 aromatic heterocycles. The third-order valence-corrected chi connectivity index (χ3v) is 3.73. The van der Waals surface area contributed by atoms with E-state index in [0.29, 0.717) is 19.7 Å². The summed E-state index contributed by atoms with van der Waals surface area (Å²) in [6, 6.07) is 7.57. The maximum Gasteiger partial charge on any atom is 0.303 e. The van der Waals surface area contributed by atoms with Crippen LogP contribution < -0.4 is 4.74 Å². The minimum absolute atomic E-state index is 0.0478. The lowest BCUT2D eigenvalue weighted by atomic mass is 9.92. The number of likely N-dealkylation sites (tertiary alicyclic amines) is 1. The van der Waals surface area contributed by atoms with Crippen molar-refractivity contribution in [3.8, 4) is 5.75 Å². The van der Waals surface area contributed by atoms with Gasteiger partial charge in [-0.05, 0) is 6.07 Å². The van der Waals surface area contributed by atoms with Crippen molar-refractivity contribution in [2.24, 2.45) is 5.92 Å². The number of amides is 1. The molecule has 0 saturated carbocycles. The molecule has 5 nitrogen and oxygen atoms in total. The van der Waals surface area contributed by atoms with E-state index >= 15 is 0 Å². The first-order chi connectivity index (χ1) is 9.15. The van der Waals surface area contributed by atoms with E-state index in [1.165, 1.54) is 0 Å². The van der Waals surface area contributed by atoms with Crippen molar-refractivity contribution in [2.45, 2.75) is 12.3 Å². The molecule has 3 rings (SSSR count). The first kappa shape index (κ1) is 12.0. The standard InChI is InChI=1S/C14H15NO4/c16-13(17)5-9-6-15(7-9)14(18)11-8-19-12-4-2-1-3-10(11)12/h1-4,9,11H,5-8H2,(H,16,17). The number of aliphatic carboxylic acids is 1. The summed E-state index contributed by atoms with van der Waals surface area (Å²) in [5.74, 6) is -0.109. The second-order valence-electron chi connectivity index (χ2n) is 5.11. The van der Waals surface area contributed by atoms with Crippen molar-refractivity contribution < 1.29 is 19.4 Å². The van der Waals surface area contributed by atoms with Gasteiger partial charge in [0.25, 0.3) is 0 Å². The van der Waals surface area contributed by atoms with Gasteiger partial charge in [-0.2, -0.15) is 0 Å². The van der Waals surface area contributed by atoms with Crippen LogP contribution in [0.2, 0.25) is 0 Å². The highest BCUT2D eigenvalue weighted by Crippen LogP contribution is 2.36. The average molecular weight is 261 g/mol. The molecule has 0 aliphatic carbocycles. The first-order valence-corrected chi connectivity index (χ1v) is 6.37. The summed E-state index contributed by atoms with van der Waals surface area (Å²) in [4.78, 5) is 24.6. The number of nitrogens with zero attached hydrogens (tertiary/aromatic N) is 1. The molecule has 1 unspecified atom stereocenters. The van der Waals surface area contributed by atoms with E-state index in [1.807, 2.05) is 24.3 Å². The third kappa shape index (κ3) is 2.16. The van der Waals surface area contributed by atoms with Gasteiger partial charge >= 0.3 is 5.97 Å². The Kier molecular flexibility index (Phi) is 2.89. The Morgan fingerprint density at radius 1 is 1.32 bits per heavy atom. The number of benzene rings is 1. The molecule has 1 aromatic carbocycles. The van der Waals surface area contributed by atoms with Gasteiger partial charge in [-0.3, -0.25) is 9.59 Å². The Hall–Kier alpha value is -2.04. The van der Waals surface area contributed by atoms with Crippen LogP contribution in [0.25, 0.3) is 0 Å². The normalized spacial score (nSPS) is 21.5. The van der Waals surface area contributed by atoms with Gasteiger partial charge in [0.1, 0.15) is 18.3 Å². The third-order valence-electron chi connectivity index (χ3n) is 3.73. The van der Waals surface area contributed by atoms with E-state index in [4.69, 9.17) is 9.84 Å². The lowest BCUT2D eigenvalue weighted by Crippen LogP contribution is -2.52. The van der Waals surface area contributed by atoms with Crippen LogP contribution >= 0.6 is 0 Å². The molecule has 2 heterocycles. The minimum atomic E-state index is -0.799. The van der Waals surface area contributed by atoms with E-state index in [2.05, 4.69) is 0 Å². The Bertz CT molecular complexity index is 522. The predicted octanol–water partition coefficient (Wildman–Crippen LogP) is 1.10. The molecule has 19 heavy (non-hydrogen) atoms. The highest BCUT2D eigenvalue weighted by Gasteiger charge is 2.39. The van der Waals surface area contributed by atoms with E-state index in [0.717, 1.165) is 11.3 Å². The van der Waals surface area contributed by atoms with Crippen molar-refractivity contribution in [2.75, 3.05) is 19.7 Å². The number of hydrogen-bond acceptors (Lipinski definition) is 3. The summed E-state index contributed by atoms with van der Waals surface area (Å²) in [5, 5.41) is 8.69. The highest BCUT2D eigenvalue weighted by molar-refractivity contribution is 5.86. The lowest BCUT2D eigenvalue weighted by Gasteiger charge is -2.39. The van der Waals surface area contributed by atoms with Crippen LogP contribution in [-0.4, -0.2) is 41.6 Å². The molecule has 5 heteroatoms. The zero-order valence-electron chi connectivity index (χ0n) is 10.4. The van der Waals surface area contributed by atoms with Gasteiger partial charge in [0.15, 0.2) is 0 Å². The topological polar surface area (TPSA) is 66.8 Å². The Morgan fingerprint density at radius 2 is 2.05 bits per heavy atom. The van der Waals surface area contributed by atoms with E-state index in [-0.39, 0.29) is 24.2 Å². The van der Waals surface area contributed by atoms with E-state index in [9.17, 15) is 9.59 Å². The number of hydrogen-bond donors (Lipinski definition) is 1. The molecule has 1 aromatic rings. The molecule has 2 aliphatic rings. The van der Waals surface area contributed by atoms with Crippen LogP contribution in [0.15, 0.2) is 24.3 Å². The second-order valence-corrected chi connectivity index (χ2v) is 5.11. The summed E-state index contributed by atoms with van der Waals surface area (Å²) in [6.45, 7) is 1.48. The monoisotopic (exact) mass is 261 g/mol. The number of carbonyl (C=O) groups is 2. The summed E-state index contributed by atoms with van der Waals surface area (Å²) >= 11 is 0. The van der Waals surface area contributed by atoms with Gasteiger partial charge in [0.2, 0.25) is 5.91 Å². The fourth-order valence-electron chi connectivity index (χ4n) is 2.71. The fraction of sp³-hybridized carbons (Fsp3) is 0.429. The summed E-state index contributed by atoms with van der Waals surface area (Å²) in [5.41, 5.74) is 0.939. The maximum absolute atomic E-state index is 12.3. The highest BCUT2D eigenvalue weighted by atomic mass is 16.5. The molecule has 0 spiro atoms. The first-order valence-electron chi connectivity index (χ1n) is 6.37. The van der Waals surface area contributed by atoms with Gasteiger partial charge in [-0.15, -0.1) is 0 Å². The number of para-hydroxylation sites is 1. The summed E-state index contributed by atoms with van der Waals surface area (Å²) < 4.78 is 5.50. The number of carboxylic acids is 1. The molecular weight excluding hydrogens is 246 g/mol. The van der Waals surface area contributed by atoms with E-state index < -0.39 is 5.97 Å². The number of fused-ring (bicyclic) bond motifs is 1. The fourth-order valence-corrected chi connectivity index (χ4v) is 2.71. The zero-order chi connectivity index (χ0) is 13.4. The lowest BCUT2D eigenvalue weighted by molar-refractivity contribution is -0.146. The number of carboxylic acid groups (broad SMARTS) is 1. The van der Waals surface area contributed by atoms with Crippen LogP contribution in [0.4, 0.5) is 0 Å². The SMILES string of the molecule is O=C(O)CC1CN(C(=O)C2COc3ccccc32)C1. The Balaban J connectivity index is 1.63.